The molecule has 0 unspecified atom stereocenters. The van der Waals surface area contributed by atoms with E-state index in [4.69, 9.17) is 0 Å². The van der Waals surface area contributed by atoms with Gasteiger partial charge in [0.25, 0.3) is 0 Å². The standard InChI is InChI=1S/C9H20Si/c1-5-7-8-9(3,4)10-6-2/h6H,2,5,7-8,10H2,1,3-4H3. The number of hydrogen-bond donors (Lipinski definition) is 0. The van der Waals surface area contributed by atoms with Crippen molar-refractivity contribution in [1.82, 2.24) is 0 Å². The smallest absolute Gasteiger partial charge is 0.0502 e. The molecule has 0 radical (unpaired) electrons. The normalized spacial score (nSPS) is 12.7. The van der Waals surface area contributed by atoms with Crippen molar-refractivity contribution in [2.75, 3.05) is 0 Å². The zero-order chi connectivity index (χ0) is 8.04. The second kappa shape index (κ2) is 4.72. The van der Waals surface area contributed by atoms with Crippen LogP contribution in [0.2, 0.25) is 5.04 Å². The van der Waals surface area contributed by atoms with E-state index in [9.17, 15) is 0 Å². The van der Waals surface area contributed by atoms with Crippen LogP contribution < -0.4 is 0 Å². The zero-order valence-electron chi connectivity index (χ0n) is 7.61. The van der Waals surface area contributed by atoms with Crippen LogP contribution in [0.3, 0.4) is 0 Å². The monoisotopic (exact) mass is 156 g/mol. The lowest BCUT2D eigenvalue weighted by molar-refractivity contribution is 0.567. The SMILES string of the molecule is C=C[SiH2]C(C)(C)CCCC. The Hall–Kier alpha value is -0.0431. The summed E-state index contributed by atoms with van der Waals surface area (Å²) in [4.78, 5) is 0. The van der Waals surface area contributed by atoms with Gasteiger partial charge < -0.3 is 0 Å². The summed E-state index contributed by atoms with van der Waals surface area (Å²) in [6.45, 7) is 10.8. The molecule has 0 saturated heterocycles. The fourth-order valence-corrected chi connectivity index (χ4v) is 2.38. The topological polar surface area (TPSA) is 0 Å². The Morgan fingerprint density at radius 1 is 1.50 bits per heavy atom. The minimum absolute atomic E-state index is 0.00679. The molecule has 0 aromatic heterocycles. The van der Waals surface area contributed by atoms with Gasteiger partial charge in [-0.2, -0.15) is 0 Å². The Labute approximate surface area is 67.5 Å². The van der Waals surface area contributed by atoms with Crippen LogP contribution in [-0.2, 0) is 0 Å². The zero-order valence-corrected chi connectivity index (χ0v) is 9.03. The van der Waals surface area contributed by atoms with Gasteiger partial charge in [0.15, 0.2) is 0 Å². The van der Waals surface area contributed by atoms with Gasteiger partial charge in [0.2, 0.25) is 0 Å². The van der Waals surface area contributed by atoms with Crippen LogP contribution in [0.15, 0.2) is 12.3 Å². The van der Waals surface area contributed by atoms with E-state index in [1.807, 2.05) is 0 Å². The molecule has 10 heavy (non-hydrogen) atoms. The summed E-state index contributed by atoms with van der Waals surface area (Å²) in [5.41, 5.74) is 2.16. The van der Waals surface area contributed by atoms with Crippen LogP contribution in [0.1, 0.15) is 40.0 Å². The van der Waals surface area contributed by atoms with E-state index < -0.39 is 0 Å². The van der Waals surface area contributed by atoms with Gasteiger partial charge in [-0.3, -0.25) is 0 Å². The fraction of sp³-hybridized carbons (Fsp3) is 0.778. The summed E-state index contributed by atoms with van der Waals surface area (Å²) in [6.07, 6.45) is 4.10. The molecule has 1 heteroatoms. The van der Waals surface area contributed by atoms with Gasteiger partial charge in [-0.25, -0.2) is 0 Å². The molecule has 0 aliphatic heterocycles. The fourth-order valence-electron chi connectivity index (χ4n) is 1.15. The molecule has 0 bridgehead atoms. The molecule has 60 valence electrons. The van der Waals surface area contributed by atoms with E-state index in [0.29, 0.717) is 5.04 Å². The molecule has 0 atom stereocenters. The Balaban J connectivity index is 3.51. The van der Waals surface area contributed by atoms with Gasteiger partial charge in [-0.15, -0.1) is 12.3 Å². The highest BCUT2D eigenvalue weighted by atomic mass is 28.2. The molecular weight excluding hydrogens is 136 g/mol. The van der Waals surface area contributed by atoms with Crippen molar-refractivity contribution in [3.63, 3.8) is 0 Å². The summed E-state index contributed by atoms with van der Waals surface area (Å²) >= 11 is 0. The van der Waals surface area contributed by atoms with Crippen LogP contribution in [0.4, 0.5) is 0 Å². The maximum absolute atomic E-state index is 3.82. The van der Waals surface area contributed by atoms with E-state index in [-0.39, 0.29) is 9.52 Å². The molecule has 0 aliphatic carbocycles. The predicted molar refractivity (Wildman–Crippen MR) is 52.3 cm³/mol. The Morgan fingerprint density at radius 2 is 2.10 bits per heavy atom. The molecule has 0 saturated carbocycles. The summed E-state index contributed by atoms with van der Waals surface area (Å²) in [5.74, 6) is 0. The van der Waals surface area contributed by atoms with Crippen molar-refractivity contribution in [2.45, 2.75) is 45.1 Å². The average molecular weight is 156 g/mol. The Bertz CT molecular complexity index is 94.9. The summed E-state index contributed by atoms with van der Waals surface area (Å²) < 4.78 is 0. The van der Waals surface area contributed by atoms with E-state index >= 15 is 0 Å². The van der Waals surface area contributed by atoms with E-state index in [2.05, 4.69) is 33.0 Å². The van der Waals surface area contributed by atoms with Crippen LogP contribution >= 0.6 is 0 Å². The highest BCUT2D eigenvalue weighted by Crippen LogP contribution is 2.29. The quantitative estimate of drug-likeness (QED) is 0.537. The predicted octanol–water partition coefficient (Wildman–Crippen LogP) is 2.69. The van der Waals surface area contributed by atoms with Crippen LogP contribution in [0.25, 0.3) is 0 Å². The molecule has 0 aromatic carbocycles. The highest BCUT2D eigenvalue weighted by Gasteiger charge is 2.14. The number of unbranched alkanes of at least 4 members (excludes halogenated alkanes) is 1. The molecule has 0 N–H and O–H groups in total. The van der Waals surface area contributed by atoms with Crippen LogP contribution in [0, 0.1) is 0 Å². The highest BCUT2D eigenvalue weighted by molar-refractivity contribution is 6.45. The number of rotatable bonds is 5. The van der Waals surface area contributed by atoms with Gasteiger partial charge in [0.1, 0.15) is 0 Å². The lowest BCUT2D eigenvalue weighted by Crippen LogP contribution is -2.10. The second-order valence-corrected chi connectivity index (χ2v) is 6.66. The largest absolute Gasteiger partial charge is 0.108 e. The maximum atomic E-state index is 3.82. The van der Waals surface area contributed by atoms with Crippen LogP contribution in [-0.4, -0.2) is 9.52 Å². The van der Waals surface area contributed by atoms with Gasteiger partial charge in [0.05, 0.1) is 9.52 Å². The number of hydrogen-bond acceptors (Lipinski definition) is 0. The molecule has 0 rings (SSSR count). The molecule has 0 aromatic rings. The third-order valence-electron chi connectivity index (χ3n) is 1.90. The summed E-state index contributed by atoms with van der Waals surface area (Å²) in [6, 6.07) is 0. The molecule has 0 spiro atoms. The second-order valence-electron chi connectivity index (χ2n) is 3.76. The van der Waals surface area contributed by atoms with Gasteiger partial charge >= 0.3 is 0 Å². The van der Waals surface area contributed by atoms with Crippen molar-refractivity contribution in [3.8, 4) is 0 Å². The van der Waals surface area contributed by atoms with E-state index in [1.165, 1.54) is 19.3 Å². The minimum Gasteiger partial charge on any atom is -0.108 e. The average Bonchev–Trinajstić information content (AvgIpc) is 1.84. The maximum Gasteiger partial charge on any atom is 0.0502 e. The van der Waals surface area contributed by atoms with Crippen molar-refractivity contribution < 1.29 is 0 Å². The first-order valence-corrected chi connectivity index (χ1v) is 5.75. The van der Waals surface area contributed by atoms with Crippen molar-refractivity contribution in [3.05, 3.63) is 12.3 Å². The van der Waals surface area contributed by atoms with Crippen molar-refractivity contribution in [1.29, 1.82) is 0 Å². The van der Waals surface area contributed by atoms with Crippen LogP contribution in [0.5, 0.6) is 0 Å². The minimum atomic E-state index is -0.00679. The first kappa shape index (κ1) is 9.96. The molecule has 0 heterocycles. The lowest BCUT2D eigenvalue weighted by atomic mass is 10.1. The molecule has 0 amide bonds. The molecule has 0 aliphatic rings. The Kier molecular flexibility index (Phi) is 4.70. The summed E-state index contributed by atoms with van der Waals surface area (Å²) in [5, 5.41) is 0.623. The van der Waals surface area contributed by atoms with E-state index in [1.54, 1.807) is 0 Å². The molecular formula is C9H20Si. The van der Waals surface area contributed by atoms with Gasteiger partial charge in [-0.05, 0) is 5.04 Å². The Morgan fingerprint density at radius 3 is 2.50 bits per heavy atom. The summed E-state index contributed by atoms with van der Waals surface area (Å²) in [7, 11) is -0.00679. The van der Waals surface area contributed by atoms with Gasteiger partial charge in [0, 0.05) is 0 Å². The first-order valence-electron chi connectivity index (χ1n) is 4.23. The van der Waals surface area contributed by atoms with Crippen molar-refractivity contribution >= 4 is 9.52 Å². The van der Waals surface area contributed by atoms with Crippen molar-refractivity contribution in [2.24, 2.45) is 0 Å². The molecule has 0 nitrogen and oxygen atoms in total. The van der Waals surface area contributed by atoms with Gasteiger partial charge in [-0.1, -0.05) is 40.0 Å². The van der Waals surface area contributed by atoms with E-state index in [0.717, 1.165) is 0 Å². The third-order valence-corrected chi connectivity index (χ3v) is 3.65. The third kappa shape index (κ3) is 4.80. The lowest BCUT2D eigenvalue weighted by Gasteiger charge is -2.21. The first-order chi connectivity index (χ1) is 4.62. The molecule has 0 fully saturated rings.